The molecule has 2 atom stereocenters. The Bertz CT molecular complexity index is 195. The fraction of sp³-hybridized carbons (Fsp3) is 0.875. The molecule has 2 saturated heterocycles. The summed E-state index contributed by atoms with van der Waals surface area (Å²) in [6.07, 6.45) is 1.15. The van der Waals surface area contributed by atoms with E-state index >= 15 is 0 Å². The van der Waals surface area contributed by atoms with E-state index < -0.39 is 0 Å². The molecule has 2 unspecified atom stereocenters. The molecule has 2 rings (SSSR count). The molecule has 2 aliphatic heterocycles. The number of carbonyl (C=O) groups is 1. The standard InChI is InChI=1S/C8H15N3O/c1-9-8(12)11-5-4-10-3-2-7(11)6-10/h7H,2-6H2,1H3,(H,9,12). The summed E-state index contributed by atoms with van der Waals surface area (Å²) in [7, 11) is 1.70. The van der Waals surface area contributed by atoms with E-state index in [4.69, 9.17) is 0 Å². The van der Waals surface area contributed by atoms with Crippen molar-refractivity contribution in [2.45, 2.75) is 12.5 Å². The lowest BCUT2D eigenvalue weighted by molar-refractivity contribution is 0.144. The molecule has 2 aliphatic rings. The van der Waals surface area contributed by atoms with E-state index in [1.807, 2.05) is 4.90 Å². The predicted molar refractivity (Wildman–Crippen MR) is 46.0 cm³/mol. The second-order valence-corrected chi connectivity index (χ2v) is 3.49. The lowest BCUT2D eigenvalue weighted by atomic mass is 10.2. The normalized spacial score (nSPS) is 33.6. The molecule has 1 N–H and O–H groups in total. The van der Waals surface area contributed by atoms with Crippen LogP contribution in [0.15, 0.2) is 0 Å². The summed E-state index contributed by atoms with van der Waals surface area (Å²) in [5, 5.41) is 2.69. The van der Waals surface area contributed by atoms with Gasteiger partial charge in [-0.1, -0.05) is 0 Å². The van der Waals surface area contributed by atoms with Gasteiger partial charge in [-0.3, -0.25) is 4.90 Å². The van der Waals surface area contributed by atoms with Gasteiger partial charge < -0.3 is 10.2 Å². The Hall–Kier alpha value is -0.770. The first-order chi connectivity index (χ1) is 5.81. The van der Waals surface area contributed by atoms with E-state index in [2.05, 4.69) is 10.2 Å². The van der Waals surface area contributed by atoms with Crippen LogP contribution in [0.5, 0.6) is 0 Å². The highest BCUT2D eigenvalue weighted by atomic mass is 16.2. The molecule has 2 fully saturated rings. The van der Waals surface area contributed by atoms with Crippen molar-refractivity contribution < 1.29 is 4.79 Å². The minimum absolute atomic E-state index is 0.0848. The number of hydrogen-bond donors (Lipinski definition) is 1. The maximum Gasteiger partial charge on any atom is 0.317 e. The highest BCUT2D eigenvalue weighted by Crippen LogP contribution is 2.19. The third kappa shape index (κ3) is 1.16. The molecule has 4 heteroatoms. The van der Waals surface area contributed by atoms with E-state index in [0.717, 1.165) is 32.6 Å². The van der Waals surface area contributed by atoms with Crippen molar-refractivity contribution in [3.8, 4) is 0 Å². The highest BCUT2D eigenvalue weighted by molar-refractivity contribution is 5.74. The van der Waals surface area contributed by atoms with Crippen LogP contribution in [0.1, 0.15) is 6.42 Å². The zero-order valence-corrected chi connectivity index (χ0v) is 7.42. The summed E-state index contributed by atoms with van der Waals surface area (Å²) in [5.41, 5.74) is 0. The van der Waals surface area contributed by atoms with E-state index in [1.54, 1.807) is 7.05 Å². The number of nitrogens with zero attached hydrogens (tertiary/aromatic N) is 2. The van der Waals surface area contributed by atoms with Crippen LogP contribution in [0.25, 0.3) is 0 Å². The second-order valence-electron chi connectivity index (χ2n) is 3.49. The van der Waals surface area contributed by atoms with Gasteiger partial charge >= 0.3 is 6.03 Å². The van der Waals surface area contributed by atoms with Gasteiger partial charge in [0.25, 0.3) is 0 Å². The summed E-state index contributed by atoms with van der Waals surface area (Å²) in [5.74, 6) is 0. The molecule has 4 nitrogen and oxygen atoms in total. The predicted octanol–water partition coefficient (Wildman–Crippen LogP) is -0.284. The molecule has 0 aromatic carbocycles. The van der Waals surface area contributed by atoms with Gasteiger partial charge in [0.2, 0.25) is 0 Å². The maximum atomic E-state index is 11.4. The van der Waals surface area contributed by atoms with Crippen LogP contribution in [-0.2, 0) is 0 Å². The number of nitrogens with one attached hydrogen (secondary N) is 1. The first-order valence-electron chi connectivity index (χ1n) is 4.52. The molecule has 0 saturated carbocycles. The molecule has 0 spiro atoms. The lowest BCUT2D eigenvalue weighted by Gasteiger charge is -2.33. The third-order valence-corrected chi connectivity index (χ3v) is 2.82. The molecule has 2 heterocycles. The van der Waals surface area contributed by atoms with Gasteiger partial charge in [0.1, 0.15) is 0 Å². The molecular weight excluding hydrogens is 154 g/mol. The molecular formula is C8H15N3O. The van der Waals surface area contributed by atoms with E-state index in [-0.39, 0.29) is 6.03 Å². The SMILES string of the molecule is CNC(=O)N1CCN2CCC1C2. The number of urea groups is 1. The number of amides is 2. The summed E-state index contributed by atoms with van der Waals surface area (Å²) < 4.78 is 0. The number of piperazine rings is 1. The first-order valence-corrected chi connectivity index (χ1v) is 4.52. The van der Waals surface area contributed by atoms with Gasteiger partial charge in [-0.15, -0.1) is 0 Å². The van der Waals surface area contributed by atoms with Crippen LogP contribution in [0, 0.1) is 0 Å². The van der Waals surface area contributed by atoms with Crippen molar-refractivity contribution in [2.75, 3.05) is 33.2 Å². The Balaban J connectivity index is 2.02. The molecule has 0 radical (unpaired) electrons. The molecule has 68 valence electrons. The van der Waals surface area contributed by atoms with E-state index in [9.17, 15) is 4.79 Å². The third-order valence-electron chi connectivity index (χ3n) is 2.82. The Kier molecular flexibility index (Phi) is 1.92. The minimum Gasteiger partial charge on any atom is -0.341 e. The van der Waals surface area contributed by atoms with E-state index in [0.29, 0.717) is 6.04 Å². The number of fused-ring (bicyclic) bond motifs is 2. The van der Waals surface area contributed by atoms with Crippen molar-refractivity contribution in [1.82, 2.24) is 15.1 Å². The molecule has 0 aromatic rings. The average molecular weight is 169 g/mol. The lowest BCUT2D eigenvalue weighted by Crippen LogP contribution is -2.52. The van der Waals surface area contributed by atoms with Crippen molar-refractivity contribution in [3.05, 3.63) is 0 Å². The van der Waals surface area contributed by atoms with Gasteiger partial charge in [-0.2, -0.15) is 0 Å². The van der Waals surface area contributed by atoms with Gasteiger partial charge in [-0.05, 0) is 6.42 Å². The highest BCUT2D eigenvalue weighted by Gasteiger charge is 2.34. The molecule has 0 aromatic heterocycles. The quantitative estimate of drug-likeness (QED) is 0.541. The van der Waals surface area contributed by atoms with Crippen LogP contribution >= 0.6 is 0 Å². The van der Waals surface area contributed by atoms with Crippen molar-refractivity contribution in [2.24, 2.45) is 0 Å². The average Bonchev–Trinajstić information content (AvgIpc) is 2.47. The fourth-order valence-electron chi connectivity index (χ4n) is 2.11. The molecule has 0 aliphatic carbocycles. The van der Waals surface area contributed by atoms with Gasteiger partial charge in [-0.25, -0.2) is 4.79 Å². The van der Waals surface area contributed by atoms with Crippen LogP contribution in [0.4, 0.5) is 4.79 Å². The Morgan fingerprint density at radius 2 is 2.25 bits per heavy atom. The summed E-state index contributed by atoms with van der Waals surface area (Å²) >= 11 is 0. The van der Waals surface area contributed by atoms with Gasteiger partial charge in [0.15, 0.2) is 0 Å². The van der Waals surface area contributed by atoms with Crippen molar-refractivity contribution in [3.63, 3.8) is 0 Å². The van der Waals surface area contributed by atoms with Gasteiger partial charge in [0.05, 0.1) is 0 Å². The van der Waals surface area contributed by atoms with E-state index in [1.165, 1.54) is 0 Å². The number of hydrogen-bond acceptors (Lipinski definition) is 2. The van der Waals surface area contributed by atoms with Gasteiger partial charge in [0, 0.05) is 39.3 Å². The largest absolute Gasteiger partial charge is 0.341 e. The summed E-state index contributed by atoms with van der Waals surface area (Å²) in [6, 6.07) is 0.556. The summed E-state index contributed by atoms with van der Waals surface area (Å²) in [4.78, 5) is 15.7. The number of rotatable bonds is 0. The smallest absolute Gasteiger partial charge is 0.317 e. The Morgan fingerprint density at radius 1 is 1.42 bits per heavy atom. The monoisotopic (exact) mass is 169 g/mol. The Labute approximate surface area is 72.5 Å². The second kappa shape index (κ2) is 2.94. The summed E-state index contributed by atoms with van der Waals surface area (Å²) in [6.45, 7) is 4.18. The zero-order valence-electron chi connectivity index (χ0n) is 7.42. The maximum absolute atomic E-state index is 11.4. The van der Waals surface area contributed by atoms with Crippen LogP contribution in [0.3, 0.4) is 0 Å². The first kappa shape index (κ1) is 7.86. The zero-order chi connectivity index (χ0) is 8.55. The Morgan fingerprint density at radius 3 is 3.00 bits per heavy atom. The molecule has 2 bridgehead atoms. The van der Waals surface area contributed by atoms with Crippen LogP contribution < -0.4 is 5.32 Å². The topological polar surface area (TPSA) is 35.6 Å². The van der Waals surface area contributed by atoms with Crippen molar-refractivity contribution in [1.29, 1.82) is 0 Å². The van der Waals surface area contributed by atoms with Crippen LogP contribution in [-0.4, -0.2) is 55.1 Å². The van der Waals surface area contributed by atoms with Crippen molar-refractivity contribution >= 4 is 6.03 Å². The minimum atomic E-state index is 0.0848. The molecule has 12 heavy (non-hydrogen) atoms. The number of carbonyl (C=O) groups excluding carboxylic acids is 1. The molecule has 2 amide bonds. The fourth-order valence-corrected chi connectivity index (χ4v) is 2.11. The van der Waals surface area contributed by atoms with Crippen LogP contribution in [0.2, 0.25) is 0 Å².